The number of hydrogen-bond acceptors (Lipinski definition) is 4. The zero-order valence-corrected chi connectivity index (χ0v) is 13.3. The molecular formula is C15H13F2N5O3. The molecule has 2 aromatic heterocycles. The van der Waals surface area contributed by atoms with Gasteiger partial charge in [-0.2, -0.15) is 0 Å². The topological polar surface area (TPSA) is 90.9 Å². The largest absolute Gasteiger partial charge is 0.332 e. The molecule has 3 rings (SSSR count). The summed E-state index contributed by atoms with van der Waals surface area (Å²) in [5, 5.41) is 2.31. The van der Waals surface area contributed by atoms with E-state index in [1.165, 1.54) is 24.0 Å². The van der Waals surface area contributed by atoms with Gasteiger partial charge in [0.25, 0.3) is 5.56 Å². The van der Waals surface area contributed by atoms with E-state index < -0.39 is 35.3 Å². The minimum Gasteiger partial charge on any atom is -0.328 e. The Morgan fingerprint density at radius 2 is 1.92 bits per heavy atom. The lowest BCUT2D eigenvalue weighted by Gasteiger charge is -2.09. The number of amides is 1. The quantitative estimate of drug-likeness (QED) is 0.739. The average molecular weight is 349 g/mol. The molecule has 10 heteroatoms. The number of aryl methyl sites for hydroxylation is 2. The van der Waals surface area contributed by atoms with E-state index in [2.05, 4.69) is 10.3 Å². The van der Waals surface area contributed by atoms with Crippen molar-refractivity contribution in [2.45, 2.75) is 6.54 Å². The highest BCUT2D eigenvalue weighted by Crippen LogP contribution is 2.13. The zero-order valence-electron chi connectivity index (χ0n) is 13.3. The van der Waals surface area contributed by atoms with Crippen molar-refractivity contribution in [1.82, 2.24) is 18.7 Å². The predicted molar refractivity (Wildman–Crippen MR) is 85.2 cm³/mol. The molecule has 0 fully saturated rings. The Bertz CT molecular complexity index is 1110. The number of benzene rings is 1. The van der Waals surface area contributed by atoms with Gasteiger partial charge in [0.2, 0.25) is 5.91 Å². The van der Waals surface area contributed by atoms with E-state index >= 15 is 0 Å². The normalized spacial score (nSPS) is 11.0. The molecular weight excluding hydrogens is 336 g/mol. The van der Waals surface area contributed by atoms with Crippen LogP contribution in [-0.2, 0) is 25.4 Å². The molecule has 0 atom stereocenters. The first kappa shape index (κ1) is 16.6. The third kappa shape index (κ3) is 2.82. The highest BCUT2D eigenvalue weighted by atomic mass is 19.2. The van der Waals surface area contributed by atoms with Gasteiger partial charge in [0.15, 0.2) is 22.8 Å². The maximum Gasteiger partial charge on any atom is 0.332 e. The highest BCUT2D eigenvalue weighted by Gasteiger charge is 2.17. The van der Waals surface area contributed by atoms with Crippen molar-refractivity contribution in [2.24, 2.45) is 14.1 Å². The van der Waals surface area contributed by atoms with Crippen LogP contribution in [0.3, 0.4) is 0 Å². The number of halogens is 2. The van der Waals surface area contributed by atoms with E-state index in [9.17, 15) is 23.2 Å². The fraction of sp³-hybridized carbons (Fsp3) is 0.200. The molecule has 3 aromatic rings. The molecule has 0 radical (unpaired) electrons. The lowest BCUT2D eigenvalue weighted by Crippen LogP contribution is -2.42. The maximum absolute atomic E-state index is 13.2. The first-order valence-corrected chi connectivity index (χ1v) is 7.15. The van der Waals surface area contributed by atoms with Gasteiger partial charge in [0.1, 0.15) is 6.54 Å². The molecule has 0 aliphatic rings. The van der Waals surface area contributed by atoms with E-state index in [1.807, 2.05) is 0 Å². The molecule has 0 unspecified atom stereocenters. The smallest absolute Gasteiger partial charge is 0.328 e. The van der Waals surface area contributed by atoms with Gasteiger partial charge >= 0.3 is 5.69 Å². The first-order chi connectivity index (χ1) is 11.8. The summed E-state index contributed by atoms with van der Waals surface area (Å²) >= 11 is 0. The molecule has 0 aliphatic heterocycles. The fourth-order valence-electron chi connectivity index (χ4n) is 2.45. The Balaban J connectivity index is 1.96. The standard InChI is InChI=1S/C15H13F2N5O3/c1-20-7-18-13-12(20)14(24)22(15(25)21(13)2)6-11(23)19-8-3-4-9(16)10(17)5-8/h3-5,7H,6H2,1-2H3,(H,19,23). The van der Waals surface area contributed by atoms with Gasteiger partial charge in [0, 0.05) is 25.8 Å². The number of aromatic nitrogens is 4. The monoisotopic (exact) mass is 349 g/mol. The van der Waals surface area contributed by atoms with Crippen molar-refractivity contribution >= 4 is 22.8 Å². The maximum atomic E-state index is 13.2. The van der Waals surface area contributed by atoms with Crippen LogP contribution >= 0.6 is 0 Å². The van der Waals surface area contributed by atoms with Crippen LogP contribution in [0.25, 0.3) is 11.2 Å². The zero-order chi connectivity index (χ0) is 18.3. The van der Waals surface area contributed by atoms with Gasteiger partial charge in [-0.1, -0.05) is 0 Å². The van der Waals surface area contributed by atoms with Crippen LogP contribution in [0.4, 0.5) is 14.5 Å². The van der Waals surface area contributed by atoms with Crippen LogP contribution in [0.5, 0.6) is 0 Å². The number of anilines is 1. The highest BCUT2D eigenvalue weighted by molar-refractivity contribution is 5.90. The van der Waals surface area contributed by atoms with Gasteiger partial charge < -0.3 is 9.88 Å². The fourth-order valence-corrected chi connectivity index (χ4v) is 2.45. The van der Waals surface area contributed by atoms with Crippen LogP contribution < -0.4 is 16.6 Å². The van der Waals surface area contributed by atoms with Gasteiger partial charge in [-0.05, 0) is 12.1 Å². The molecule has 1 amide bonds. The molecule has 130 valence electrons. The lowest BCUT2D eigenvalue weighted by molar-refractivity contribution is -0.116. The second kappa shape index (κ2) is 5.96. The SMILES string of the molecule is Cn1cnc2c1c(=O)n(CC(=O)Nc1ccc(F)c(F)c1)c(=O)n2C. The van der Waals surface area contributed by atoms with E-state index in [0.29, 0.717) is 0 Å². The van der Waals surface area contributed by atoms with Gasteiger partial charge in [-0.15, -0.1) is 0 Å². The van der Waals surface area contributed by atoms with Gasteiger partial charge in [0.05, 0.1) is 6.33 Å². The van der Waals surface area contributed by atoms with E-state index in [-0.39, 0.29) is 16.9 Å². The Labute approximate surface area is 138 Å². The molecule has 1 N–H and O–H groups in total. The summed E-state index contributed by atoms with van der Waals surface area (Å²) < 4.78 is 29.4. The second-order valence-electron chi connectivity index (χ2n) is 5.44. The van der Waals surface area contributed by atoms with E-state index in [4.69, 9.17) is 0 Å². The van der Waals surface area contributed by atoms with Crippen molar-refractivity contribution < 1.29 is 13.6 Å². The Kier molecular flexibility index (Phi) is 3.95. The second-order valence-corrected chi connectivity index (χ2v) is 5.44. The summed E-state index contributed by atoms with van der Waals surface area (Å²) in [6.07, 6.45) is 1.39. The van der Waals surface area contributed by atoms with Crippen LogP contribution in [0.1, 0.15) is 0 Å². The summed E-state index contributed by atoms with van der Waals surface area (Å²) in [6, 6.07) is 2.83. The number of nitrogens with zero attached hydrogens (tertiary/aromatic N) is 4. The summed E-state index contributed by atoms with van der Waals surface area (Å²) in [5.74, 6) is -2.90. The summed E-state index contributed by atoms with van der Waals surface area (Å²) in [6.45, 7) is -0.578. The molecule has 8 nitrogen and oxygen atoms in total. The van der Waals surface area contributed by atoms with E-state index in [0.717, 1.165) is 21.3 Å². The molecule has 0 saturated heterocycles. The van der Waals surface area contributed by atoms with Crippen molar-refractivity contribution in [3.63, 3.8) is 0 Å². The Morgan fingerprint density at radius 3 is 2.60 bits per heavy atom. The number of imidazole rings is 1. The van der Waals surface area contributed by atoms with Gasteiger partial charge in [-0.3, -0.25) is 14.2 Å². The van der Waals surface area contributed by atoms with Crippen molar-refractivity contribution in [3.8, 4) is 0 Å². The third-order valence-electron chi connectivity index (χ3n) is 3.71. The molecule has 25 heavy (non-hydrogen) atoms. The molecule has 0 aliphatic carbocycles. The van der Waals surface area contributed by atoms with E-state index in [1.54, 1.807) is 7.05 Å². The number of nitrogens with one attached hydrogen (secondary N) is 1. The number of hydrogen-bond donors (Lipinski definition) is 1. The summed E-state index contributed by atoms with van der Waals surface area (Å²) in [4.78, 5) is 40.8. The number of fused-ring (bicyclic) bond motifs is 1. The summed E-state index contributed by atoms with van der Waals surface area (Å²) in [5.41, 5.74) is -0.997. The number of carbonyl (C=O) groups is 1. The number of carbonyl (C=O) groups excluding carboxylic acids is 1. The molecule has 2 heterocycles. The Hall–Kier alpha value is -3.30. The van der Waals surface area contributed by atoms with Crippen molar-refractivity contribution in [2.75, 3.05) is 5.32 Å². The minimum atomic E-state index is -1.12. The van der Waals surface area contributed by atoms with Gasteiger partial charge in [-0.25, -0.2) is 23.1 Å². The number of rotatable bonds is 3. The van der Waals surface area contributed by atoms with Crippen LogP contribution in [0, 0.1) is 11.6 Å². The Morgan fingerprint density at radius 1 is 1.20 bits per heavy atom. The van der Waals surface area contributed by atoms with Crippen LogP contribution in [-0.4, -0.2) is 24.6 Å². The van der Waals surface area contributed by atoms with Crippen LogP contribution in [0.2, 0.25) is 0 Å². The third-order valence-corrected chi connectivity index (χ3v) is 3.71. The molecule has 0 spiro atoms. The summed E-state index contributed by atoms with van der Waals surface area (Å²) in [7, 11) is 3.02. The molecule has 0 bridgehead atoms. The van der Waals surface area contributed by atoms with Crippen molar-refractivity contribution in [1.29, 1.82) is 0 Å². The average Bonchev–Trinajstić information content (AvgIpc) is 2.95. The lowest BCUT2D eigenvalue weighted by atomic mass is 10.3. The first-order valence-electron chi connectivity index (χ1n) is 7.15. The van der Waals surface area contributed by atoms with Crippen LogP contribution in [0.15, 0.2) is 34.1 Å². The van der Waals surface area contributed by atoms with Crippen molar-refractivity contribution in [3.05, 3.63) is 57.0 Å². The minimum absolute atomic E-state index is 0.00962. The molecule has 1 aromatic carbocycles. The predicted octanol–water partition coefficient (Wildman–Crippen LogP) is 0.351. The molecule has 0 saturated carbocycles.